The number of ether oxygens (including phenoxy) is 1. The molecule has 7 heteroatoms. The Morgan fingerprint density at radius 1 is 1.35 bits per heavy atom. The van der Waals surface area contributed by atoms with Gasteiger partial charge in [0.1, 0.15) is 17.5 Å². The smallest absolute Gasteiger partial charge is 0.191 e. The molecule has 2 atom stereocenters. The predicted molar refractivity (Wildman–Crippen MR) is 103 cm³/mol. The summed E-state index contributed by atoms with van der Waals surface area (Å²) in [4.78, 5) is 4.50. The minimum Gasteiger partial charge on any atom is -0.489 e. The van der Waals surface area contributed by atoms with Gasteiger partial charge in [-0.05, 0) is 32.9 Å². The predicted octanol–water partition coefficient (Wildman–Crippen LogP) is 1.65. The molecule has 1 aromatic carbocycles. The van der Waals surface area contributed by atoms with Crippen LogP contribution in [0.1, 0.15) is 26.3 Å². The van der Waals surface area contributed by atoms with Crippen molar-refractivity contribution < 1.29 is 9.84 Å². The molecule has 0 radical (unpaired) electrons. The zero-order valence-electron chi connectivity index (χ0n) is 15.9. The summed E-state index contributed by atoms with van der Waals surface area (Å²) < 4.78 is 7.52. The summed E-state index contributed by atoms with van der Waals surface area (Å²) in [6, 6.07) is 9.71. The summed E-state index contributed by atoms with van der Waals surface area (Å²) in [6.45, 7) is 7.28. The van der Waals surface area contributed by atoms with Crippen molar-refractivity contribution in [3.8, 4) is 5.75 Å². The van der Waals surface area contributed by atoms with Crippen LogP contribution in [-0.2, 0) is 12.6 Å². The molecule has 7 nitrogen and oxygen atoms in total. The number of aliphatic imine (C=N–C) groups is 1. The second-order valence-electron chi connectivity index (χ2n) is 6.49. The Kier molecular flexibility index (Phi) is 7.03. The lowest BCUT2D eigenvalue weighted by Gasteiger charge is -2.21. The van der Waals surface area contributed by atoms with E-state index in [1.165, 1.54) is 0 Å². The van der Waals surface area contributed by atoms with Gasteiger partial charge < -0.3 is 20.5 Å². The molecule has 26 heavy (non-hydrogen) atoms. The fourth-order valence-corrected chi connectivity index (χ4v) is 2.38. The van der Waals surface area contributed by atoms with Crippen LogP contribution in [0, 0.1) is 0 Å². The molecule has 0 saturated heterocycles. The maximum Gasteiger partial charge on any atom is 0.191 e. The van der Waals surface area contributed by atoms with E-state index in [0.717, 1.165) is 17.9 Å². The van der Waals surface area contributed by atoms with E-state index in [1.54, 1.807) is 24.0 Å². The number of aliphatic hydroxyl groups is 1. The van der Waals surface area contributed by atoms with Gasteiger partial charge in [0.05, 0.1) is 19.3 Å². The molecule has 2 unspecified atom stereocenters. The monoisotopic (exact) mass is 359 g/mol. The van der Waals surface area contributed by atoms with Gasteiger partial charge in [0, 0.05) is 25.4 Å². The lowest BCUT2D eigenvalue weighted by molar-refractivity contribution is 0.0671. The summed E-state index contributed by atoms with van der Waals surface area (Å²) >= 11 is 0. The standard InChI is InChI=1S/C19H29N5O2/c1-5-20-18(21-11-15(2)26-17-9-7-6-8-10-17)22-14-19(3,25)16-12-23-24(4)13-16/h6-10,12-13,15,25H,5,11,14H2,1-4H3,(H2,20,21,22). The van der Waals surface area contributed by atoms with Crippen molar-refractivity contribution in [1.82, 2.24) is 20.4 Å². The van der Waals surface area contributed by atoms with Crippen molar-refractivity contribution in [2.75, 3.05) is 19.6 Å². The molecule has 0 saturated carbocycles. The summed E-state index contributed by atoms with van der Waals surface area (Å²) in [6.07, 6.45) is 3.43. The van der Waals surface area contributed by atoms with E-state index >= 15 is 0 Å². The lowest BCUT2D eigenvalue weighted by Crippen LogP contribution is -2.42. The van der Waals surface area contributed by atoms with Crippen molar-refractivity contribution in [1.29, 1.82) is 0 Å². The highest BCUT2D eigenvalue weighted by Gasteiger charge is 2.24. The SMILES string of the molecule is CCNC(=NCC(C)(O)c1cnn(C)c1)NCC(C)Oc1ccccc1. The van der Waals surface area contributed by atoms with Crippen molar-refractivity contribution >= 4 is 5.96 Å². The number of aromatic nitrogens is 2. The van der Waals surface area contributed by atoms with Gasteiger partial charge in [-0.1, -0.05) is 18.2 Å². The van der Waals surface area contributed by atoms with Crippen molar-refractivity contribution in [3.05, 3.63) is 48.3 Å². The van der Waals surface area contributed by atoms with Gasteiger partial charge in [0.15, 0.2) is 5.96 Å². The summed E-state index contributed by atoms with van der Waals surface area (Å²) in [7, 11) is 1.82. The third-order valence-electron chi connectivity index (χ3n) is 3.85. The molecule has 0 bridgehead atoms. The number of nitrogens with zero attached hydrogens (tertiary/aromatic N) is 3. The number of rotatable bonds is 8. The first-order valence-corrected chi connectivity index (χ1v) is 8.86. The number of guanidine groups is 1. The molecule has 142 valence electrons. The average Bonchev–Trinajstić information content (AvgIpc) is 3.06. The summed E-state index contributed by atoms with van der Waals surface area (Å²) in [5.41, 5.74) is -0.344. The van der Waals surface area contributed by atoms with E-state index < -0.39 is 5.60 Å². The van der Waals surface area contributed by atoms with Crippen LogP contribution >= 0.6 is 0 Å². The molecule has 0 aliphatic carbocycles. The third kappa shape index (κ3) is 6.07. The Labute approximate surface area is 155 Å². The second kappa shape index (κ2) is 9.24. The molecule has 0 aliphatic heterocycles. The Morgan fingerprint density at radius 2 is 2.08 bits per heavy atom. The Balaban J connectivity index is 1.91. The van der Waals surface area contributed by atoms with Crippen molar-refractivity contribution in [2.45, 2.75) is 32.5 Å². The number of hydrogen-bond donors (Lipinski definition) is 3. The van der Waals surface area contributed by atoms with Gasteiger partial charge in [-0.3, -0.25) is 4.68 Å². The van der Waals surface area contributed by atoms with Gasteiger partial charge >= 0.3 is 0 Å². The molecule has 0 aliphatic rings. The van der Waals surface area contributed by atoms with Crippen molar-refractivity contribution in [2.24, 2.45) is 12.0 Å². The van der Waals surface area contributed by atoms with Gasteiger partial charge in [0.25, 0.3) is 0 Å². The highest BCUT2D eigenvalue weighted by Crippen LogP contribution is 2.19. The van der Waals surface area contributed by atoms with Gasteiger partial charge in [0.2, 0.25) is 0 Å². The number of aryl methyl sites for hydroxylation is 1. The average molecular weight is 359 g/mol. The largest absolute Gasteiger partial charge is 0.489 e. The van der Waals surface area contributed by atoms with E-state index in [0.29, 0.717) is 12.5 Å². The van der Waals surface area contributed by atoms with Gasteiger partial charge in [-0.15, -0.1) is 0 Å². The van der Waals surface area contributed by atoms with Crippen LogP contribution in [0.25, 0.3) is 0 Å². The van der Waals surface area contributed by atoms with Crippen LogP contribution < -0.4 is 15.4 Å². The Morgan fingerprint density at radius 3 is 2.69 bits per heavy atom. The molecule has 0 spiro atoms. The second-order valence-corrected chi connectivity index (χ2v) is 6.49. The summed E-state index contributed by atoms with van der Waals surface area (Å²) in [5.74, 6) is 1.48. The highest BCUT2D eigenvalue weighted by molar-refractivity contribution is 5.79. The molecule has 3 N–H and O–H groups in total. The zero-order valence-corrected chi connectivity index (χ0v) is 15.9. The lowest BCUT2D eigenvalue weighted by atomic mass is 10.0. The van der Waals surface area contributed by atoms with Gasteiger partial charge in [-0.25, -0.2) is 4.99 Å². The van der Waals surface area contributed by atoms with Crippen molar-refractivity contribution in [3.63, 3.8) is 0 Å². The Hall–Kier alpha value is -2.54. The molecule has 0 fully saturated rings. The molecule has 2 rings (SSSR count). The van der Waals surface area contributed by atoms with E-state index in [1.807, 2.05) is 51.2 Å². The Bertz CT molecular complexity index is 697. The minimum atomic E-state index is -1.08. The fourth-order valence-electron chi connectivity index (χ4n) is 2.38. The van der Waals surface area contributed by atoms with Crippen LogP contribution in [0.15, 0.2) is 47.7 Å². The minimum absolute atomic E-state index is 0.0277. The molecule has 0 amide bonds. The van der Waals surface area contributed by atoms with Crippen LogP contribution in [0.4, 0.5) is 0 Å². The fraction of sp³-hybridized carbons (Fsp3) is 0.474. The van der Waals surface area contributed by atoms with Gasteiger partial charge in [-0.2, -0.15) is 5.10 Å². The maximum absolute atomic E-state index is 10.6. The van der Waals surface area contributed by atoms with E-state index in [2.05, 4.69) is 20.7 Å². The van der Waals surface area contributed by atoms with Crippen LogP contribution in [0.3, 0.4) is 0 Å². The van der Waals surface area contributed by atoms with E-state index in [-0.39, 0.29) is 12.6 Å². The normalized spacial score (nSPS) is 15.2. The van der Waals surface area contributed by atoms with E-state index in [9.17, 15) is 5.11 Å². The van der Waals surface area contributed by atoms with Crippen LogP contribution in [0.2, 0.25) is 0 Å². The number of para-hydroxylation sites is 1. The molecule has 1 heterocycles. The molecular weight excluding hydrogens is 330 g/mol. The van der Waals surface area contributed by atoms with Crippen LogP contribution in [-0.4, -0.2) is 46.6 Å². The topological polar surface area (TPSA) is 83.7 Å². The highest BCUT2D eigenvalue weighted by atomic mass is 16.5. The number of benzene rings is 1. The number of nitrogens with one attached hydrogen (secondary N) is 2. The first kappa shape index (κ1) is 19.8. The quantitative estimate of drug-likeness (QED) is 0.493. The molecule has 2 aromatic rings. The van der Waals surface area contributed by atoms with E-state index in [4.69, 9.17) is 4.74 Å². The molecule has 1 aromatic heterocycles. The first-order valence-electron chi connectivity index (χ1n) is 8.86. The third-order valence-corrected chi connectivity index (χ3v) is 3.85. The van der Waals surface area contributed by atoms with Crippen LogP contribution in [0.5, 0.6) is 5.75 Å². The molecular formula is C19H29N5O2. The zero-order chi connectivity index (χ0) is 19.0. The number of hydrogen-bond acceptors (Lipinski definition) is 4. The summed E-state index contributed by atoms with van der Waals surface area (Å²) in [5, 5.41) is 21.2. The maximum atomic E-state index is 10.6. The first-order chi connectivity index (χ1) is 12.4.